The first-order chi connectivity index (χ1) is 11.0. The minimum atomic E-state index is -3.59. The summed E-state index contributed by atoms with van der Waals surface area (Å²) in [6.07, 6.45) is 2.54. The Hall–Kier alpha value is -1.00. The van der Waals surface area contributed by atoms with Crippen molar-refractivity contribution in [3.63, 3.8) is 0 Å². The third-order valence-corrected chi connectivity index (χ3v) is 6.47. The molecule has 0 saturated carbocycles. The van der Waals surface area contributed by atoms with Gasteiger partial charge in [-0.3, -0.25) is 4.79 Å². The minimum Gasteiger partial charge on any atom is -0.378 e. The highest BCUT2D eigenvalue weighted by atomic mass is 32.2. The van der Waals surface area contributed by atoms with E-state index < -0.39 is 10.0 Å². The zero-order chi connectivity index (χ0) is 16.7. The summed E-state index contributed by atoms with van der Waals surface area (Å²) in [5, 5.41) is 1.69. The number of carbonyl (C=O) groups excluding carboxylic acids is 1. The van der Waals surface area contributed by atoms with E-state index in [4.69, 9.17) is 10.5 Å². The van der Waals surface area contributed by atoms with Crippen LogP contribution in [0, 0.1) is 0 Å². The molecule has 1 amide bonds. The van der Waals surface area contributed by atoms with Gasteiger partial charge in [0, 0.05) is 19.7 Å². The first-order valence-electron chi connectivity index (χ1n) is 7.65. The van der Waals surface area contributed by atoms with Crippen LogP contribution in [0.25, 0.3) is 0 Å². The van der Waals surface area contributed by atoms with Gasteiger partial charge in [0.15, 0.2) is 0 Å². The highest BCUT2D eigenvalue weighted by Gasteiger charge is 2.24. The Kier molecular flexibility index (Phi) is 6.97. The van der Waals surface area contributed by atoms with Crippen LogP contribution in [0.1, 0.15) is 19.3 Å². The van der Waals surface area contributed by atoms with Crippen molar-refractivity contribution in [1.29, 1.82) is 0 Å². The van der Waals surface area contributed by atoms with E-state index in [9.17, 15) is 13.2 Å². The Bertz CT molecular complexity index is 581. The van der Waals surface area contributed by atoms with Crippen LogP contribution in [-0.2, 0) is 19.6 Å². The number of amides is 1. The molecule has 9 heteroatoms. The third kappa shape index (κ3) is 5.54. The van der Waals surface area contributed by atoms with E-state index in [1.807, 2.05) is 0 Å². The van der Waals surface area contributed by atoms with E-state index in [0.717, 1.165) is 30.6 Å². The number of rotatable bonds is 8. The molecule has 0 radical (unpaired) electrons. The Morgan fingerprint density at radius 2 is 2.17 bits per heavy atom. The van der Waals surface area contributed by atoms with Crippen LogP contribution in [0.3, 0.4) is 0 Å². The molecule has 7 nitrogen and oxygen atoms in total. The van der Waals surface area contributed by atoms with Crippen LogP contribution in [0.2, 0.25) is 0 Å². The lowest BCUT2D eigenvalue weighted by molar-refractivity contribution is -0.132. The molecular weight excluding hydrogens is 338 g/mol. The number of ether oxygens (including phenoxy) is 1. The Balaban J connectivity index is 1.73. The van der Waals surface area contributed by atoms with Gasteiger partial charge in [-0.15, -0.1) is 11.3 Å². The summed E-state index contributed by atoms with van der Waals surface area (Å²) in [4.78, 5) is 13.8. The lowest BCUT2D eigenvalue weighted by Gasteiger charge is -2.32. The molecule has 23 heavy (non-hydrogen) atoms. The van der Waals surface area contributed by atoms with Crippen molar-refractivity contribution in [2.45, 2.75) is 29.6 Å². The zero-order valence-electron chi connectivity index (χ0n) is 12.9. The monoisotopic (exact) mass is 361 g/mol. The number of nitrogens with one attached hydrogen (secondary N) is 1. The molecule has 2 rings (SSSR count). The second kappa shape index (κ2) is 8.74. The Labute approximate surface area is 140 Å². The van der Waals surface area contributed by atoms with Crippen LogP contribution in [-0.4, -0.2) is 58.1 Å². The van der Waals surface area contributed by atoms with E-state index in [0.29, 0.717) is 26.2 Å². The number of nitrogens with two attached hydrogens (primary N) is 1. The number of sulfonamides is 1. The quantitative estimate of drug-likeness (QED) is 0.652. The molecule has 1 saturated heterocycles. The van der Waals surface area contributed by atoms with Crippen molar-refractivity contribution >= 4 is 27.3 Å². The number of nitrogens with zero attached hydrogens (tertiary/aromatic N) is 1. The van der Waals surface area contributed by atoms with Gasteiger partial charge in [0.25, 0.3) is 10.0 Å². The summed E-state index contributed by atoms with van der Waals surface area (Å²) in [5.74, 6) is -0.203. The summed E-state index contributed by atoms with van der Waals surface area (Å²) >= 11 is 1.13. The smallest absolute Gasteiger partial charge is 0.250 e. The molecular formula is C14H23N3O4S2. The maximum atomic E-state index is 12.1. The summed E-state index contributed by atoms with van der Waals surface area (Å²) in [6.45, 7) is 2.23. The van der Waals surface area contributed by atoms with Crippen molar-refractivity contribution in [3.05, 3.63) is 17.5 Å². The molecule has 3 N–H and O–H groups in total. The van der Waals surface area contributed by atoms with Gasteiger partial charge in [-0.1, -0.05) is 6.07 Å². The number of carbonyl (C=O) groups is 1. The van der Waals surface area contributed by atoms with Gasteiger partial charge in [0.1, 0.15) is 4.21 Å². The van der Waals surface area contributed by atoms with Gasteiger partial charge in [-0.2, -0.15) is 0 Å². The Morgan fingerprint density at radius 1 is 1.43 bits per heavy atom. The van der Waals surface area contributed by atoms with Gasteiger partial charge in [-0.25, -0.2) is 13.1 Å². The molecule has 1 aliphatic heterocycles. The zero-order valence-corrected chi connectivity index (χ0v) is 14.6. The fraction of sp³-hybridized carbons (Fsp3) is 0.643. The van der Waals surface area contributed by atoms with Crippen molar-refractivity contribution < 1.29 is 17.9 Å². The van der Waals surface area contributed by atoms with Crippen molar-refractivity contribution in [1.82, 2.24) is 9.62 Å². The predicted octanol–water partition coefficient (Wildman–Crippen LogP) is 0.383. The molecule has 0 atom stereocenters. The summed E-state index contributed by atoms with van der Waals surface area (Å²) in [5.41, 5.74) is 5.42. The lowest BCUT2D eigenvalue weighted by Crippen LogP contribution is -2.45. The SMILES string of the molecule is NCCCOC1CCN(C(=O)CNS(=O)(=O)c2cccs2)CC1. The molecule has 0 aromatic carbocycles. The van der Waals surface area contributed by atoms with Crippen LogP contribution in [0.15, 0.2) is 21.7 Å². The van der Waals surface area contributed by atoms with Crippen molar-refractivity contribution in [3.8, 4) is 0 Å². The van der Waals surface area contributed by atoms with E-state index in [1.165, 1.54) is 6.07 Å². The molecule has 1 aromatic rings. The molecule has 2 heterocycles. The van der Waals surface area contributed by atoms with Crippen LogP contribution >= 0.6 is 11.3 Å². The summed E-state index contributed by atoms with van der Waals surface area (Å²) < 4.78 is 32.2. The molecule has 0 unspecified atom stereocenters. The standard InChI is InChI=1S/C14H23N3O4S2/c15-6-2-9-21-12-4-7-17(8-5-12)13(18)11-16-23(19,20)14-3-1-10-22-14/h1,3,10,12,16H,2,4-9,11,15H2. The number of hydrogen-bond donors (Lipinski definition) is 2. The van der Waals surface area contributed by atoms with E-state index in [1.54, 1.807) is 16.3 Å². The van der Waals surface area contributed by atoms with Gasteiger partial charge >= 0.3 is 0 Å². The predicted molar refractivity (Wildman–Crippen MR) is 88.7 cm³/mol. The molecule has 0 aliphatic carbocycles. The van der Waals surface area contributed by atoms with E-state index in [-0.39, 0.29) is 22.8 Å². The number of piperidine rings is 1. The molecule has 0 spiro atoms. The molecule has 1 fully saturated rings. The summed E-state index contributed by atoms with van der Waals surface area (Å²) in [7, 11) is -3.59. The van der Waals surface area contributed by atoms with E-state index in [2.05, 4.69) is 4.72 Å². The fourth-order valence-corrected chi connectivity index (χ4v) is 4.37. The van der Waals surface area contributed by atoms with Gasteiger partial charge in [0.05, 0.1) is 12.6 Å². The minimum absolute atomic E-state index is 0.161. The maximum Gasteiger partial charge on any atom is 0.250 e. The lowest BCUT2D eigenvalue weighted by atomic mass is 10.1. The third-order valence-electron chi connectivity index (χ3n) is 3.67. The van der Waals surface area contributed by atoms with Gasteiger partial charge in [0.2, 0.25) is 5.91 Å². The summed E-state index contributed by atoms with van der Waals surface area (Å²) in [6, 6.07) is 3.18. The Morgan fingerprint density at radius 3 is 2.78 bits per heavy atom. The first kappa shape index (κ1) is 18.3. The van der Waals surface area contributed by atoms with Gasteiger partial charge in [-0.05, 0) is 37.3 Å². The van der Waals surface area contributed by atoms with Crippen LogP contribution in [0.4, 0.5) is 0 Å². The molecule has 1 aromatic heterocycles. The largest absolute Gasteiger partial charge is 0.378 e. The molecule has 0 bridgehead atoms. The van der Waals surface area contributed by atoms with Crippen molar-refractivity contribution in [2.75, 3.05) is 32.8 Å². The number of thiophene rings is 1. The average molecular weight is 361 g/mol. The highest BCUT2D eigenvalue weighted by molar-refractivity contribution is 7.91. The van der Waals surface area contributed by atoms with Gasteiger partial charge < -0.3 is 15.4 Å². The molecule has 130 valence electrons. The normalized spacial score (nSPS) is 16.7. The first-order valence-corrected chi connectivity index (χ1v) is 10.0. The van der Waals surface area contributed by atoms with Crippen molar-refractivity contribution in [2.24, 2.45) is 5.73 Å². The van der Waals surface area contributed by atoms with Crippen LogP contribution < -0.4 is 10.5 Å². The molecule has 1 aliphatic rings. The average Bonchev–Trinajstić information content (AvgIpc) is 3.09. The maximum absolute atomic E-state index is 12.1. The van der Waals surface area contributed by atoms with E-state index >= 15 is 0 Å². The highest BCUT2D eigenvalue weighted by Crippen LogP contribution is 2.16. The van der Waals surface area contributed by atoms with Crippen LogP contribution in [0.5, 0.6) is 0 Å². The second-order valence-electron chi connectivity index (χ2n) is 5.35. The fourth-order valence-electron chi connectivity index (χ4n) is 2.36. The second-order valence-corrected chi connectivity index (χ2v) is 8.29. The number of hydrogen-bond acceptors (Lipinski definition) is 6. The topological polar surface area (TPSA) is 102 Å². The number of likely N-dealkylation sites (tertiary alicyclic amines) is 1.